The Balaban J connectivity index is 1.64. The highest BCUT2D eigenvalue weighted by atomic mass is 19.1. The molecule has 176 valence electrons. The van der Waals surface area contributed by atoms with Crippen LogP contribution >= 0.6 is 0 Å². The molecular weight excluding hydrogens is 451 g/mol. The molecular formula is C26H21FN4O4. The molecule has 0 radical (unpaired) electrons. The Labute approximate surface area is 200 Å². The predicted octanol–water partition coefficient (Wildman–Crippen LogP) is 4.21. The van der Waals surface area contributed by atoms with Gasteiger partial charge in [0.2, 0.25) is 0 Å². The van der Waals surface area contributed by atoms with E-state index in [-0.39, 0.29) is 17.4 Å². The van der Waals surface area contributed by atoms with Crippen molar-refractivity contribution >= 4 is 23.6 Å². The molecule has 0 aliphatic carbocycles. The summed E-state index contributed by atoms with van der Waals surface area (Å²) >= 11 is 0. The number of nitrogens with one attached hydrogen (secondary N) is 2. The van der Waals surface area contributed by atoms with E-state index in [1.807, 2.05) is 6.07 Å². The average molecular weight is 472 g/mol. The molecule has 8 nitrogen and oxygen atoms in total. The van der Waals surface area contributed by atoms with Gasteiger partial charge in [0.1, 0.15) is 11.6 Å². The van der Waals surface area contributed by atoms with E-state index in [0.717, 1.165) is 0 Å². The zero-order valence-corrected chi connectivity index (χ0v) is 18.4. The number of hydrogen-bond donors (Lipinski definition) is 3. The highest BCUT2D eigenvalue weighted by Crippen LogP contribution is 2.21. The molecule has 1 atom stereocenters. The molecule has 3 aromatic carbocycles. The predicted molar refractivity (Wildman–Crippen MR) is 127 cm³/mol. The molecule has 0 aliphatic heterocycles. The van der Waals surface area contributed by atoms with Gasteiger partial charge in [-0.1, -0.05) is 48.5 Å². The molecule has 0 unspecified atom stereocenters. The van der Waals surface area contributed by atoms with Gasteiger partial charge in [-0.25, -0.2) is 9.07 Å². The maximum absolute atomic E-state index is 13.3. The standard InChI is InChI=1S/C26H21FN4O4/c27-19-13-11-17(12-14-19)21(16-24(32)33)28-26(35)22-15-23(29-25(34)18-7-3-1-4-8-18)31(30-22)20-9-5-2-6-10-20/h1-15,21H,16H2,(H,28,35)(H,29,34)(H,32,33)/t21-/m0/s1. The number of carbonyl (C=O) groups excluding carboxylic acids is 2. The van der Waals surface area contributed by atoms with Crippen LogP contribution in [-0.4, -0.2) is 32.7 Å². The lowest BCUT2D eigenvalue weighted by molar-refractivity contribution is -0.137. The van der Waals surface area contributed by atoms with Crippen molar-refractivity contribution in [2.75, 3.05) is 5.32 Å². The van der Waals surface area contributed by atoms with Crippen LogP contribution in [0.1, 0.15) is 38.9 Å². The highest BCUT2D eigenvalue weighted by Gasteiger charge is 2.23. The summed E-state index contributed by atoms with van der Waals surface area (Å²) in [5.74, 6) is -2.39. The number of benzene rings is 3. The van der Waals surface area contributed by atoms with Crippen LogP contribution in [0, 0.1) is 5.82 Å². The van der Waals surface area contributed by atoms with Crippen LogP contribution in [0.3, 0.4) is 0 Å². The summed E-state index contributed by atoms with van der Waals surface area (Å²) < 4.78 is 14.7. The number of carboxylic acid groups (broad SMARTS) is 1. The van der Waals surface area contributed by atoms with Crippen LogP contribution in [-0.2, 0) is 4.79 Å². The monoisotopic (exact) mass is 472 g/mol. The Morgan fingerprint density at radius 2 is 1.51 bits per heavy atom. The summed E-state index contributed by atoms with van der Waals surface area (Å²) in [7, 11) is 0. The SMILES string of the molecule is O=C(O)C[C@H](NC(=O)c1cc(NC(=O)c2ccccc2)n(-c2ccccc2)n1)c1ccc(F)cc1. The van der Waals surface area contributed by atoms with Gasteiger partial charge in [-0.2, -0.15) is 5.10 Å². The summed E-state index contributed by atoms with van der Waals surface area (Å²) in [4.78, 5) is 37.2. The van der Waals surface area contributed by atoms with Crippen LogP contribution in [0.4, 0.5) is 10.2 Å². The molecule has 4 aromatic rings. The van der Waals surface area contributed by atoms with E-state index >= 15 is 0 Å². The van der Waals surface area contributed by atoms with Crippen LogP contribution in [0.2, 0.25) is 0 Å². The molecule has 0 fully saturated rings. The average Bonchev–Trinajstić information content (AvgIpc) is 3.29. The van der Waals surface area contributed by atoms with Crippen LogP contribution < -0.4 is 10.6 Å². The van der Waals surface area contributed by atoms with E-state index in [9.17, 15) is 23.9 Å². The molecule has 4 rings (SSSR count). The van der Waals surface area contributed by atoms with Crippen molar-refractivity contribution < 1.29 is 23.9 Å². The van der Waals surface area contributed by atoms with Crippen molar-refractivity contribution in [3.8, 4) is 5.69 Å². The number of hydrogen-bond acceptors (Lipinski definition) is 4. The molecule has 9 heteroatoms. The maximum Gasteiger partial charge on any atom is 0.305 e. The van der Waals surface area contributed by atoms with Gasteiger partial charge in [-0.15, -0.1) is 0 Å². The van der Waals surface area contributed by atoms with Gasteiger partial charge < -0.3 is 15.7 Å². The molecule has 2 amide bonds. The lowest BCUT2D eigenvalue weighted by Crippen LogP contribution is -2.30. The topological polar surface area (TPSA) is 113 Å². The van der Waals surface area contributed by atoms with E-state index in [4.69, 9.17) is 0 Å². The minimum Gasteiger partial charge on any atom is -0.481 e. The Morgan fingerprint density at radius 3 is 2.14 bits per heavy atom. The molecule has 0 spiro atoms. The second-order valence-corrected chi connectivity index (χ2v) is 7.66. The van der Waals surface area contributed by atoms with Gasteiger partial charge in [-0.05, 0) is 42.0 Å². The van der Waals surface area contributed by atoms with Gasteiger partial charge >= 0.3 is 5.97 Å². The zero-order chi connectivity index (χ0) is 24.8. The normalized spacial score (nSPS) is 11.5. The fraction of sp³-hybridized carbons (Fsp3) is 0.0769. The van der Waals surface area contributed by atoms with Crippen molar-refractivity contribution in [2.24, 2.45) is 0 Å². The Kier molecular flexibility index (Phi) is 6.96. The Morgan fingerprint density at radius 1 is 0.886 bits per heavy atom. The molecule has 0 bridgehead atoms. The van der Waals surface area contributed by atoms with Crippen LogP contribution in [0.15, 0.2) is 91.0 Å². The third-order valence-electron chi connectivity index (χ3n) is 5.18. The van der Waals surface area contributed by atoms with E-state index in [2.05, 4.69) is 15.7 Å². The zero-order valence-electron chi connectivity index (χ0n) is 18.4. The fourth-order valence-electron chi connectivity index (χ4n) is 3.48. The first-order valence-electron chi connectivity index (χ1n) is 10.7. The Hall–Kier alpha value is -4.79. The molecule has 3 N–H and O–H groups in total. The number of rotatable bonds is 8. The van der Waals surface area contributed by atoms with Gasteiger partial charge in [0.15, 0.2) is 5.69 Å². The number of amides is 2. The molecule has 1 aromatic heterocycles. The fourth-order valence-corrected chi connectivity index (χ4v) is 3.48. The molecule has 0 saturated heterocycles. The molecule has 1 heterocycles. The maximum atomic E-state index is 13.3. The highest BCUT2D eigenvalue weighted by molar-refractivity contribution is 6.04. The number of nitrogens with zero attached hydrogens (tertiary/aromatic N) is 2. The second kappa shape index (κ2) is 10.4. The number of para-hydroxylation sites is 1. The number of aromatic nitrogens is 2. The van der Waals surface area contributed by atoms with Crippen molar-refractivity contribution in [3.05, 3.63) is 114 Å². The minimum absolute atomic E-state index is 0.0327. The number of carboxylic acids is 1. The van der Waals surface area contributed by atoms with Gasteiger partial charge in [0.25, 0.3) is 11.8 Å². The first kappa shape index (κ1) is 23.4. The quantitative estimate of drug-likeness (QED) is 0.356. The lowest BCUT2D eigenvalue weighted by atomic mass is 10.0. The number of aliphatic carboxylic acids is 1. The second-order valence-electron chi connectivity index (χ2n) is 7.66. The van der Waals surface area contributed by atoms with Gasteiger partial charge in [-0.3, -0.25) is 14.4 Å². The number of halogens is 1. The van der Waals surface area contributed by atoms with E-state index < -0.39 is 30.2 Å². The minimum atomic E-state index is -1.13. The summed E-state index contributed by atoms with van der Waals surface area (Å²) in [6, 6.07) is 23.2. The lowest BCUT2D eigenvalue weighted by Gasteiger charge is -2.16. The first-order chi connectivity index (χ1) is 16.9. The van der Waals surface area contributed by atoms with Crippen LogP contribution in [0.25, 0.3) is 5.69 Å². The van der Waals surface area contributed by atoms with Crippen molar-refractivity contribution in [3.63, 3.8) is 0 Å². The summed E-state index contributed by atoms with van der Waals surface area (Å²) in [5.41, 5.74) is 1.43. The summed E-state index contributed by atoms with van der Waals surface area (Å²) in [6.45, 7) is 0. The van der Waals surface area contributed by atoms with Crippen molar-refractivity contribution in [1.82, 2.24) is 15.1 Å². The van der Waals surface area contributed by atoms with E-state index in [1.165, 1.54) is 35.0 Å². The smallest absolute Gasteiger partial charge is 0.305 e. The number of carbonyl (C=O) groups is 3. The number of anilines is 1. The van der Waals surface area contributed by atoms with Gasteiger partial charge in [0.05, 0.1) is 18.2 Å². The third kappa shape index (κ3) is 5.77. The Bertz CT molecular complexity index is 1340. The summed E-state index contributed by atoms with van der Waals surface area (Å²) in [6.07, 6.45) is -0.408. The van der Waals surface area contributed by atoms with Crippen molar-refractivity contribution in [2.45, 2.75) is 12.5 Å². The first-order valence-corrected chi connectivity index (χ1v) is 10.7. The van der Waals surface area contributed by atoms with Gasteiger partial charge in [0, 0.05) is 11.6 Å². The molecule has 35 heavy (non-hydrogen) atoms. The van der Waals surface area contributed by atoms with E-state index in [1.54, 1.807) is 54.6 Å². The largest absolute Gasteiger partial charge is 0.481 e. The molecule has 0 saturated carbocycles. The molecule has 0 aliphatic rings. The van der Waals surface area contributed by atoms with Crippen molar-refractivity contribution in [1.29, 1.82) is 0 Å². The summed E-state index contributed by atoms with van der Waals surface area (Å²) in [5, 5.41) is 19.1. The third-order valence-corrected chi connectivity index (χ3v) is 5.18. The van der Waals surface area contributed by atoms with E-state index in [0.29, 0.717) is 16.8 Å². The van der Waals surface area contributed by atoms with Crippen LogP contribution in [0.5, 0.6) is 0 Å².